The summed E-state index contributed by atoms with van der Waals surface area (Å²) in [5.74, 6) is -2.14. The van der Waals surface area contributed by atoms with E-state index in [0.29, 0.717) is 11.1 Å². The lowest BCUT2D eigenvalue weighted by Crippen LogP contribution is -1.94. The quantitative estimate of drug-likeness (QED) is 0.358. The summed E-state index contributed by atoms with van der Waals surface area (Å²) in [5, 5.41) is 2.08. The molecule has 0 fully saturated rings. The highest BCUT2D eigenvalue weighted by Gasteiger charge is 2.16. The minimum Gasteiger partial charge on any atom is -0.494 e. The SMILES string of the molecule is CCc1ccc2cc(-c3cc(F)c(-c4ccc(OC)c(F)c4)c(F)c3)ccc2c1. The molecule has 0 aliphatic rings. The zero-order chi connectivity index (χ0) is 20.5. The second-order valence-corrected chi connectivity index (χ2v) is 6.91. The molecule has 0 bridgehead atoms. The van der Waals surface area contributed by atoms with E-state index in [1.54, 1.807) is 0 Å². The Kier molecular flexibility index (Phi) is 5.01. The molecule has 0 spiro atoms. The second-order valence-electron chi connectivity index (χ2n) is 6.91. The minimum absolute atomic E-state index is 0.0218. The van der Waals surface area contributed by atoms with Gasteiger partial charge in [0.25, 0.3) is 0 Å². The normalized spacial score (nSPS) is 11.1. The topological polar surface area (TPSA) is 9.23 Å². The molecule has 0 aliphatic heterocycles. The van der Waals surface area contributed by atoms with Crippen LogP contribution in [0.15, 0.2) is 66.7 Å². The molecule has 1 nitrogen and oxygen atoms in total. The molecule has 4 aromatic rings. The van der Waals surface area contributed by atoms with Crippen LogP contribution >= 0.6 is 0 Å². The molecule has 4 aromatic carbocycles. The van der Waals surface area contributed by atoms with Gasteiger partial charge in [-0.25, -0.2) is 13.2 Å². The number of aryl methyl sites for hydroxylation is 1. The molecule has 0 saturated heterocycles. The predicted octanol–water partition coefficient (Wildman–Crippen LogP) is 7.16. The Morgan fingerprint density at radius 3 is 1.93 bits per heavy atom. The lowest BCUT2D eigenvalue weighted by atomic mass is 9.96. The van der Waals surface area contributed by atoms with Gasteiger partial charge in [0.15, 0.2) is 11.6 Å². The van der Waals surface area contributed by atoms with Gasteiger partial charge in [-0.15, -0.1) is 0 Å². The van der Waals surface area contributed by atoms with E-state index in [-0.39, 0.29) is 16.9 Å². The maximum Gasteiger partial charge on any atom is 0.165 e. The maximum absolute atomic E-state index is 14.8. The van der Waals surface area contributed by atoms with E-state index in [4.69, 9.17) is 4.74 Å². The number of methoxy groups -OCH3 is 1. The highest BCUT2D eigenvalue weighted by Crippen LogP contribution is 2.34. The van der Waals surface area contributed by atoms with Crippen LogP contribution in [0.1, 0.15) is 12.5 Å². The number of rotatable bonds is 4. The highest BCUT2D eigenvalue weighted by atomic mass is 19.1. The van der Waals surface area contributed by atoms with Crippen molar-refractivity contribution in [2.45, 2.75) is 13.3 Å². The van der Waals surface area contributed by atoms with Crippen molar-refractivity contribution < 1.29 is 17.9 Å². The molecule has 0 N–H and O–H groups in total. The Morgan fingerprint density at radius 2 is 1.28 bits per heavy atom. The van der Waals surface area contributed by atoms with Crippen LogP contribution in [-0.4, -0.2) is 7.11 Å². The van der Waals surface area contributed by atoms with Crippen molar-refractivity contribution in [3.8, 4) is 28.0 Å². The Hall–Kier alpha value is -3.27. The predicted molar refractivity (Wildman–Crippen MR) is 111 cm³/mol. The molecule has 29 heavy (non-hydrogen) atoms. The van der Waals surface area contributed by atoms with Crippen LogP contribution in [0.25, 0.3) is 33.0 Å². The first-order valence-electron chi connectivity index (χ1n) is 9.36. The first kappa shape index (κ1) is 19.1. The third kappa shape index (κ3) is 3.58. The fraction of sp³-hybridized carbons (Fsp3) is 0.120. The molecule has 0 atom stereocenters. The van der Waals surface area contributed by atoms with Gasteiger partial charge >= 0.3 is 0 Å². The van der Waals surface area contributed by atoms with Crippen molar-refractivity contribution in [1.29, 1.82) is 0 Å². The fourth-order valence-electron chi connectivity index (χ4n) is 3.53. The Balaban J connectivity index is 1.77. The standard InChI is InChI=1S/C25H19F3O/c1-3-15-4-5-17-11-18(7-6-16(17)10-15)20-13-22(27)25(23(28)14-20)19-8-9-24(29-2)21(26)12-19/h4-14H,3H2,1-2H3. The van der Waals surface area contributed by atoms with Gasteiger partial charge in [-0.1, -0.05) is 43.3 Å². The van der Waals surface area contributed by atoms with Crippen LogP contribution < -0.4 is 4.74 Å². The summed E-state index contributed by atoms with van der Waals surface area (Å²) >= 11 is 0. The largest absolute Gasteiger partial charge is 0.494 e. The minimum atomic E-state index is -0.744. The lowest BCUT2D eigenvalue weighted by molar-refractivity contribution is 0.386. The van der Waals surface area contributed by atoms with Gasteiger partial charge in [-0.3, -0.25) is 0 Å². The van der Waals surface area contributed by atoms with Gasteiger partial charge in [-0.2, -0.15) is 0 Å². The van der Waals surface area contributed by atoms with Crippen molar-refractivity contribution in [2.24, 2.45) is 0 Å². The molecule has 146 valence electrons. The van der Waals surface area contributed by atoms with Gasteiger partial charge < -0.3 is 4.74 Å². The monoisotopic (exact) mass is 392 g/mol. The van der Waals surface area contributed by atoms with E-state index >= 15 is 0 Å². The van der Waals surface area contributed by atoms with Crippen molar-refractivity contribution in [2.75, 3.05) is 7.11 Å². The van der Waals surface area contributed by atoms with Crippen LogP contribution in [0.5, 0.6) is 5.75 Å². The van der Waals surface area contributed by atoms with E-state index in [9.17, 15) is 13.2 Å². The zero-order valence-electron chi connectivity index (χ0n) is 16.1. The van der Waals surface area contributed by atoms with Gasteiger partial charge in [0, 0.05) is 0 Å². The van der Waals surface area contributed by atoms with Crippen LogP contribution in [0.3, 0.4) is 0 Å². The Labute approximate surface area is 167 Å². The van der Waals surface area contributed by atoms with Gasteiger partial charge in [-0.05, 0) is 69.8 Å². The fourth-order valence-corrected chi connectivity index (χ4v) is 3.53. The van der Waals surface area contributed by atoms with Crippen LogP contribution in [-0.2, 0) is 6.42 Å². The number of hydrogen-bond acceptors (Lipinski definition) is 1. The molecule has 0 saturated carbocycles. The average molecular weight is 392 g/mol. The molecular weight excluding hydrogens is 373 g/mol. The van der Waals surface area contributed by atoms with Gasteiger partial charge in [0.1, 0.15) is 11.6 Å². The zero-order valence-corrected chi connectivity index (χ0v) is 16.1. The highest BCUT2D eigenvalue weighted by molar-refractivity contribution is 5.88. The number of ether oxygens (including phenoxy) is 1. The number of benzene rings is 4. The number of hydrogen-bond donors (Lipinski definition) is 0. The molecule has 0 aliphatic carbocycles. The summed E-state index contributed by atoms with van der Waals surface area (Å²) in [6, 6.07) is 18.3. The van der Waals surface area contributed by atoms with E-state index < -0.39 is 17.5 Å². The third-order valence-corrected chi connectivity index (χ3v) is 5.13. The van der Waals surface area contributed by atoms with E-state index in [1.165, 1.54) is 36.9 Å². The van der Waals surface area contributed by atoms with E-state index in [0.717, 1.165) is 23.3 Å². The maximum atomic E-state index is 14.8. The Bertz CT molecular complexity index is 1190. The molecule has 4 rings (SSSR count). The van der Waals surface area contributed by atoms with Gasteiger partial charge in [0.2, 0.25) is 0 Å². The molecule has 0 aromatic heterocycles. The van der Waals surface area contributed by atoms with Crippen LogP contribution in [0.4, 0.5) is 13.2 Å². The molecule has 0 radical (unpaired) electrons. The summed E-state index contributed by atoms with van der Waals surface area (Å²) in [6.07, 6.45) is 0.946. The van der Waals surface area contributed by atoms with Crippen LogP contribution in [0.2, 0.25) is 0 Å². The summed E-state index contributed by atoms with van der Waals surface area (Å²) in [7, 11) is 1.33. The number of fused-ring (bicyclic) bond motifs is 1. The third-order valence-electron chi connectivity index (χ3n) is 5.13. The summed E-state index contributed by atoms with van der Waals surface area (Å²) < 4.78 is 48.5. The summed E-state index contributed by atoms with van der Waals surface area (Å²) in [6.45, 7) is 2.09. The van der Waals surface area contributed by atoms with Crippen molar-refractivity contribution in [3.05, 3.63) is 89.7 Å². The van der Waals surface area contributed by atoms with Crippen molar-refractivity contribution in [3.63, 3.8) is 0 Å². The number of halogens is 3. The summed E-state index contributed by atoms with van der Waals surface area (Å²) in [5.41, 5.74) is 2.24. The van der Waals surface area contributed by atoms with E-state index in [2.05, 4.69) is 19.1 Å². The summed E-state index contributed by atoms with van der Waals surface area (Å²) in [4.78, 5) is 0. The van der Waals surface area contributed by atoms with Crippen LogP contribution in [0, 0.1) is 17.5 Å². The first-order valence-corrected chi connectivity index (χ1v) is 9.36. The Morgan fingerprint density at radius 1 is 0.655 bits per heavy atom. The van der Waals surface area contributed by atoms with Crippen molar-refractivity contribution in [1.82, 2.24) is 0 Å². The van der Waals surface area contributed by atoms with Crippen molar-refractivity contribution >= 4 is 10.8 Å². The molecule has 4 heteroatoms. The molecule has 0 unspecified atom stereocenters. The smallest absolute Gasteiger partial charge is 0.165 e. The molecule has 0 amide bonds. The first-order chi connectivity index (χ1) is 14.0. The molecule has 0 heterocycles. The second kappa shape index (κ2) is 7.63. The van der Waals surface area contributed by atoms with E-state index in [1.807, 2.05) is 24.3 Å². The molecular formula is C25H19F3O. The van der Waals surface area contributed by atoms with Gasteiger partial charge in [0.05, 0.1) is 12.7 Å². The average Bonchev–Trinajstić information content (AvgIpc) is 2.72. The lowest BCUT2D eigenvalue weighted by Gasteiger charge is -2.11.